The Bertz CT molecular complexity index is 399. The third kappa shape index (κ3) is 6.84. The van der Waals surface area contributed by atoms with Gasteiger partial charge in [-0.15, -0.1) is 12.4 Å². The van der Waals surface area contributed by atoms with Crippen LogP contribution in [0.3, 0.4) is 0 Å². The lowest BCUT2D eigenvalue weighted by Gasteiger charge is -2.16. The molecular formula is C14H22ClFN2O2. The van der Waals surface area contributed by atoms with Crippen molar-refractivity contribution in [2.75, 3.05) is 13.7 Å². The average Bonchev–Trinajstić information content (AvgIpc) is 2.39. The zero-order valence-electron chi connectivity index (χ0n) is 11.8. The lowest BCUT2D eigenvalue weighted by atomic mass is 10.1. The van der Waals surface area contributed by atoms with E-state index in [0.29, 0.717) is 19.4 Å². The summed E-state index contributed by atoms with van der Waals surface area (Å²) in [6.07, 6.45) is 0.775. The third-order valence-corrected chi connectivity index (χ3v) is 2.84. The van der Waals surface area contributed by atoms with Crippen molar-refractivity contribution in [2.45, 2.75) is 31.9 Å². The van der Waals surface area contributed by atoms with Crippen LogP contribution in [-0.2, 0) is 9.53 Å². The fourth-order valence-electron chi connectivity index (χ4n) is 1.67. The maximum absolute atomic E-state index is 12.8. The molecule has 6 heteroatoms. The number of rotatable bonds is 7. The van der Waals surface area contributed by atoms with Gasteiger partial charge in [-0.1, -0.05) is 12.1 Å². The topological polar surface area (TPSA) is 64.3 Å². The molecule has 20 heavy (non-hydrogen) atoms. The Labute approximate surface area is 125 Å². The van der Waals surface area contributed by atoms with Gasteiger partial charge in [-0.2, -0.15) is 0 Å². The Morgan fingerprint density at radius 2 is 2.00 bits per heavy atom. The molecule has 2 unspecified atom stereocenters. The zero-order chi connectivity index (χ0) is 14.3. The molecule has 0 radical (unpaired) electrons. The second kappa shape index (κ2) is 9.69. The van der Waals surface area contributed by atoms with Gasteiger partial charge in [-0.25, -0.2) is 4.39 Å². The van der Waals surface area contributed by atoms with E-state index in [0.717, 1.165) is 5.56 Å². The van der Waals surface area contributed by atoms with Gasteiger partial charge >= 0.3 is 0 Å². The molecule has 0 bridgehead atoms. The molecule has 1 amide bonds. The molecule has 0 aliphatic carbocycles. The Morgan fingerprint density at radius 1 is 1.40 bits per heavy atom. The molecule has 114 valence electrons. The predicted octanol–water partition coefficient (Wildman–Crippen LogP) is 2.18. The van der Waals surface area contributed by atoms with Gasteiger partial charge in [-0.05, 0) is 31.0 Å². The Balaban J connectivity index is 0.00000361. The average molecular weight is 305 g/mol. The summed E-state index contributed by atoms with van der Waals surface area (Å²) < 4.78 is 18.1. The number of hydrogen-bond acceptors (Lipinski definition) is 3. The van der Waals surface area contributed by atoms with Crippen LogP contribution in [0.15, 0.2) is 24.3 Å². The minimum atomic E-state index is -0.292. The summed E-state index contributed by atoms with van der Waals surface area (Å²) in [6.45, 7) is 2.23. The summed E-state index contributed by atoms with van der Waals surface area (Å²) in [6, 6.07) is 6.06. The molecule has 0 fully saturated rings. The molecule has 0 heterocycles. The molecule has 1 aromatic carbocycles. The van der Waals surface area contributed by atoms with E-state index < -0.39 is 0 Å². The smallest absolute Gasteiger partial charge is 0.220 e. The first-order valence-electron chi connectivity index (χ1n) is 6.33. The van der Waals surface area contributed by atoms with Crippen LogP contribution in [0, 0.1) is 5.82 Å². The van der Waals surface area contributed by atoms with E-state index in [1.54, 1.807) is 19.2 Å². The van der Waals surface area contributed by atoms with Crippen molar-refractivity contribution in [3.63, 3.8) is 0 Å². The van der Waals surface area contributed by atoms with Gasteiger partial charge in [0.2, 0.25) is 5.91 Å². The number of halogens is 2. The first-order chi connectivity index (χ1) is 9.02. The number of carbonyl (C=O) groups excluding carboxylic acids is 1. The predicted molar refractivity (Wildman–Crippen MR) is 79.3 cm³/mol. The molecule has 0 saturated carbocycles. The van der Waals surface area contributed by atoms with E-state index >= 15 is 0 Å². The first kappa shape index (κ1) is 18.8. The maximum atomic E-state index is 12.8. The molecule has 0 aromatic heterocycles. The van der Waals surface area contributed by atoms with Gasteiger partial charge in [0.15, 0.2) is 0 Å². The van der Waals surface area contributed by atoms with Crippen LogP contribution in [0.2, 0.25) is 0 Å². The van der Waals surface area contributed by atoms with E-state index in [-0.39, 0.29) is 36.3 Å². The Morgan fingerprint density at radius 3 is 2.50 bits per heavy atom. The van der Waals surface area contributed by atoms with E-state index in [9.17, 15) is 9.18 Å². The standard InChI is InChI=1S/C14H21FN2O2.ClH/c1-10(16)3-8-14(18)17-9-13(19-2)11-4-6-12(15)7-5-11;/h4-7,10,13H,3,8-9,16H2,1-2H3,(H,17,18);1H. The number of hydrogen-bond donors (Lipinski definition) is 2. The summed E-state index contributed by atoms with van der Waals surface area (Å²) in [5.41, 5.74) is 6.42. The fourth-order valence-corrected chi connectivity index (χ4v) is 1.67. The van der Waals surface area contributed by atoms with E-state index in [1.807, 2.05) is 6.92 Å². The van der Waals surface area contributed by atoms with Gasteiger partial charge in [0.1, 0.15) is 5.82 Å². The van der Waals surface area contributed by atoms with Crippen LogP contribution in [0.25, 0.3) is 0 Å². The fraction of sp³-hybridized carbons (Fsp3) is 0.500. The number of amides is 1. The molecule has 0 aliphatic rings. The molecule has 0 spiro atoms. The summed E-state index contributed by atoms with van der Waals surface area (Å²) in [5.74, 6) is -0.346. The van der Waals surface area contributed by atoms with E-state index in [4.69, 9.17) is 10.5 Å². The maximum Gasteiger partial charge on any atom is 0.220 e. The van der Waals surface area contributed by atoms with Crippen LogP contribution in [0.5, 0.6) is 0 Å². The van der Waals surface area contributed by atoms with E-state index in [1.165, 1.54) is 12.1 Å². The summed E-state index contributed by atoms with van der Waals surface area (Å²) in [5, 5.41) is 2.79. The van der Waals surface area contributed by atoms with Crippen molar-refractivity contribution in [1.29, 1.82) is 0 Å². The number of nitrogens with two attached hydrogens (primary N) is 1. The molecule has 2 atom stereocenters. The van der Waals surface area contributed by atoms with Crippen molar-refractivity contribution in [1.82, 2.24) is 5.32 Å². The monoisotopic (exact) mass is 304 g/mol. The summed E-state index contributed by atoms with van der Waals surface area (Å²) in [7, 11) is 1.56. The van der Waals surface area contributed by atoms with Crippen LogP contribution in [0.4, 0.5) is 4.39 Å². The van der Waals surface area contributed by atoms with Gasteiger partial charge in [-0.3, -0.25) is 4.79 Å². The highest BCUT2D eigenvalue weighted by molar-refractivity contribution is 5.85. The van der Waals surface area contributed by atoms with Crippen molar-refractivity contribution in [3.8, 4) is 0 Å². The summed E-state index contributed by atoms with van der Waals surface area (Å²) in [4.78, 5) is 11.6. The molecule has 0 aliphatic heterocycles. The first-order valence-corrected chi connectivity index (χ1v) is 6.33. The third-order valence-electron chi connectivity index (χ3n) is 2.84. The molecule has 0 saturated heterocycles. The van der Waals surface area contributed by atoms with Gasteiger partial charge in [0.25, 0.3) is 0 Å². The molecule has 4 nitrogen and oxygen atoms in total. The van der Waals surface area contributed by atoms with Gasteiger partial charge < -0.3 is 15.8 Å². The Kier molecular flexibility index (Phi) is 9.12. The number of ether oxygens (including phenoxy) is 1. The molecule has 1 rings (SSSR count). The highest BCUT2D eigenvalue weighted by Crippen LogP contribution is 2.16. The van der Waals surface area contributed by atoms with Crippen molar-refractivity contribution in [3.05, 3.63) is 35.6 Å². The number of benzene rings is 1. The minimum Gasteiger partial charge on any atom is -0.375 e. The molecular weight excluding hydrogens is 283 g/mol. The number of carbonyl (C=O) groups is 1. The Hall–Kier alpha value is -1.17. The van der Waals surface area contributed by atoms with Crippen molar-refractivity contribution >= 4 is 18.3 Å². The van der Waals surface area contributed by atoms with Crippen molar-refractivity contribution < 1.29 is 13.9 Å². The van der Waals surface area contributed by atoms with E-state index in [2.05, 4.69) is 5.32 Å². The number of methoxy groups -OCH3 is 1. The van der Waals surface area contributed by atoms with Crippen LogP contribution in [0.1, 0.15) is 31.4 Å². The number of nitrogens with one attached hydrogen (secondary N) is 1. The highest BCUT2D eigenvalue weighted by atomic mass is 35.5. The van der Waals surface area contributed by atoms with Crippen LogP contribution < -0.4 is 11.1 Å². The minimum absolute atomic E-state index is 0. The van der Waals surface area contributed by atoms with Gasteiger partial charge in [0.05, 0.1) is 6.10 Å². The van der Waals surface area contributed by atoms with Crippen LogP contribution >= 0.6 is 12.4 Å². The SMILES string of the molecule is COC(CNC(=O)CCC(C)N)c1ccc(F)cc1.Cl. The quantitative estimate of drug-likeness (QED) is 0.811. The normalized spacial score (nSPS) is 13.2. The highest BCUT2D eigenvalue weighted by Gasteiger charge is 2.12. The lowest BCUT2D eigenvalue weighted by Crippen LogP contribution is -2.30. The van der Waals surface area contributed by atoms with Crippen molar-refractivity contribution in [2.24, 2.45) is 5.73 Å². The molecule has 3 N–H and O–H groups in total. The second-order valence-corrected chi connectivity index (χ2v) is 4.60. The molecule has 1 aromatic rings. The van der Waals surface area contributed by atoms with Gasteiger partial charge in [0, 0.05) is 26.1 Å². The zero-order valence-corrected chi connectivity index (χ0v) is 12.6. The second-order valence-electron chi connectivity index (χ2n) is 4.60. The lowest BCUT2D eigenvalue weighted by molar-refractivity contribution is -0.121. The largest absolute Gasteiger partial charge is 0.375 e. The summed E-state index contributed by atoms with van der Waals surface area (Å²) >= 11 is 0. The van der Waals surface area contributed by atoms with Crippen LogP contribution in [-0.4, -0.2) is 25.6 Å².